The number of terminal acetylenes is 1. The van der Waals surface area contributed by atoms with E-state index in [0.717, 1.165) is 17.7 Å². The number of aryl methyl sites for hydroxylation is 1. The SMILES string of the molecule is C#Cc1c(/C=C\C)c2c(C)c3c4ccccc4n4c3c3c2n1-c1c(cc2cccc5c2c1CC=C5)B3c1ccccc1-4. The van der Waals surface area contributed by atoms with E-state index in [4.69, 9.17) is 6.42 Å². The maximum Gasteiger partial charge on any atom is 0.252 e. The summed E-state index contributed by atoms with van der Waals surface area (Å²) in [6.07, 6.45) is 16.3. The first-order valence-corrected chi connectivity index (χ1v) is 14.8. The number of para-hydroxylation sites is 2. The molecule has 42 heavy (non-hydrogen) atoms. The number of hydrogen-bond acceptors (Lipinski definition) is 0. The summed E-state index contributed by atoms with van der Waals surface area (Å²) in [5.74, 6) is 3.19. The lowest BCUT2D eigenvalue weighted by Crippen LogP contribution is -2.59. The van der Waals surface area contributed by atoms with Crippen molar-refractivity contribution in [2.45, 2.75) is 20.3 Å². The van der Waals surface area contributed by atoms with Gasteiger partial charge in [-0.3, -0.25) is 0 Å². The van der Waals surface area contributed by atoms with Crippen molar-refractivity contribution in [1.82, 2.24) is 9.13 Å². The van der Waals surface area contributed by atoms with Crippen LogP contribution in [-0.4, -0.2) is 15.8 Å². The van der Waals surface area contributed by atoms with Gasteiger partial charge in [0.05, 0.1) is 16.6 Å². The van der Waals surface area contributed by atoms with Crippen LogP contribution in [0.5, 0.6) is 0 Å². The van der Waals surface area contributed by atoms with Crippen LogP contribution in [0.15, 0.2) is 84.9 Å². The van der Waals surface area contributed by atoms with Crippen molar-refractivity contribution in [3.63, 3.8) is 0 Å². The maximum atomic E-state index is 6.47. The van der Waals surface area contributed by atoms with E-state index in [1.165, 1.54) is 87.9 Å². The first kappa shape index (κ1) is 22.5. The molecule has 4 heterocycles. The van der Waals surface area contributed by atoms with Crippen LogP contribution in [0.25, 0.3) is 67.0 Å². The van der Waals surface area contributed by atoms with Gasteiger partial charge in [-0.1, -0.05) is 90.9 Å². The normalized spacial score (nSPS) is 14.1. The second kappa shape index (κ2) is 7.55. The molecule has 0 bridgehead atoms. The van der Waals surface area contributed by atoms with Gasteiger partial charge in [0.2, 0.25) is 0 Å². The molecule has 3 heteroatoms. The fraction of sp³-hybridized carbons (Fsp3) is 0.0769. The summed E-state index contributed by atoms with van der Waals surface area (Å²) in [5, 5.41) is 6.59. The van der Waals surface area contributed by atoms with E-state index in [2.05, 4.69) is 126 Å². The second-order valence-electron chi connectivity index (χ2n) is 11.9. The number of aromatic nitrogens is 2. The van der Waals surface area contributed by atoms with Crippen LogP contribution in [0.2, 0.25) is 0 Å². The molecule has 7 aromatic rings. The van der Waals surface area contributed by atoms with Crippen molar-refractivity contribution in [2.24, 2.45) is 0 Å². The lowest BCUT2D eigenvalue weighted by atomic mass is 9.34. The second-order valence-corrected chi connectivity index (χ2v) is 11.9. The standard InChI is InChI=1S/C39H25BN2/c1-4-12-25-30(5-2)42-37-27-17-11-14-23-13-10-15-24(35(23)27)21-29(37)40-28-18-7-9-20-32(28)41-31-19-8-6-16-26(31)34-22(3)33(25)39(42)36(40)38(34)41/h2,4,6-16,18-21H,17H2,1,3H3/b12-4-. The molecule has 0 atom stereocenters. The molecule has 0 spiro atoms. The van der Waals surface area contributed by atoms with Crippen LogP contribution < -0.4 is 16.4 Å². The van der Waals surface area contributed by atoms with Crippen LogP contribution in [-0.2, 0) is 6.42 Å². The smallest absolute Gasteiger partial charge is 0.252 e. The first-order valence-electron chi connectivity index (χ1n) is 14.8. The van der Waals surface area contributed by atoms with Gasteiger partial charge < -0.3 is 9.13 Å². The van der Waals surface area contributed by atoms with E-state index < -0.39 is 0 Å². The Balaban J connectivity index is 1.57. The van der Waals surface area contributed by atoms with Crippen molar-refractivity contribution in [3.05, 3.63) is 113 Å². The molecule has 2 aliphatic heterocycles. The minimum Gasteiger partial charge on any atom is -0.310 e. The Labute approximate surface area is 244 Å². The zero-order valence-electron chi connectivity index (χ0n) is 23.5. The van der Waals surface area contributed by atoms with Crippen molar-refractivity contribution >= 4 is 78.7 Å². The van der Waals surface area contributed by atoms with E-state index in [1.807, 2.05) is 0 Å². The number of rotatable bonds is 1. The van der Waals surface area contributed by atoms with E-state index in [0.29, 0.717) is 0 Å². The molecule has 2 aromatic heterocycles. The number of allylic oxidation sites excluding steroid dienone is 2. The Morgan fingerprint density at radius 3 is 2.60 bits per heavy atom. The fourth-order valence-corrected chi connectivity index (χ4v) is 8.68. The molecule has 0 saturated carbocycles. The van der Waals surface area contributed by atoms with Gasteiger partial charge in [-0.15, -0.1) is 6.42 Å². The Hall–Kier alpha value is -5.20. The molecule has 0 saturated heterocycles. The summed E-state index contributed by atoms with van der Waals surface area (Å²) in [7, 11) is 0. The van der Waals surface area contributed by atoms with Crippen molar-refractivity contribution in [3.8, 4) is 23.7 Å². The summed E-state index contributed by atoms with van der Waals surface area (Å²) >= 11 is 0. The predicted molar refractivity (Wildman–Crippen MR) is 180 cm³/mol. The van der Waals surface area contributed by atoms with Crippen LogP contribution in [0.4, 0.5) is 0 Å². The quantitative estimate of drug-likeness (QED) is 0.161. The Morgan fingerprint density at radius 2 is 1.71 bits per heavy atom. The highest BCUT2D eigenvalue weighted by molar-refractivity contribution is 7.00. The molecule has 194 valence electrons. The van der Waals surface area contributed by atoms with Gasteiger partial charge in [0.1, 0.15) is 5.69 Å². The van der Waals surface area contributed by atoms with E-state index in [1.54, 1.807) is 0 Å². The summed E-state index contributed by atoms with van der Waals surface area (Å²) in [6, 6.07) is 27.1. The molecule has 5 aromatic carbocycles. The zero-order valence-corrected chi connectivity index (χ0v) is 23.5. The topological polar surface area (TPSA) is 9.86 Å². The highest BCUT2D eigenvalue weighted by Gasteiger charge is 2.43. The molecule has 0 unspecified atom stereocenters. The van der Waals surface area contributed by atoms with E-state index in [9.17, 15) is 0 Å². The molecule has 0 radical (unpaired) electrons. The Morgan fingerprint density at radius 1 is 0.881 bits per heavy atom. The monoisotopic (exact) mass is 532 g/mol. The largest absolute Gasteiger partial charge is 0.310 e. The van der Waals surface area contributed by atoms with Crippen LogP contribution in [0.1, 0.15) is 34.9 Å². The molecule has 1 aliphatic carbocycles. The molecular weight excluding hydrogens is 507 g/mol. The molecule has 2 nitrogen and oxygen atoms in total. The highest BCUT2D eigenvalue weighted by atomic mass is 15.0. The number of benzene rings is 5. The summed E-state index contributed by atoms with van der Waals surface area (Å²) < 4.78 is 5.00. The minimum absolute atomic E-state index is 0.111. The van der Waals surface area contributed by atoms with Gasteiger partial charge >= 0.3 is 0 Å². The fourth-order valence-electron chi connectivity index (χ4n) is 8.68. The van der Waals surface area contributed by atoms with Crippen molar-refractivity contribution < 1.29 is 0 Å². The zero-order chi connectivity index (χ0) is 27.9. The molecule has 10 rings (SSSR count). The third kappa shape index (κ3) is 2.36. The minimum atomic E-state index is 0.111. The third-order valence-corrected chi connectivity index (χ3v) is 10.0. The van der Waals surface area contributed by atoms with Crippen molar-refractivity contribution in [1.29, 1.82) is 0 Å². The average Bonchev–Trinajstić information content (AvgIpc) is 3.55. The van der Waals surface area contributed by atoms with Gasteiger partial charge in [-0.2, -0.15) is 0 Å². The van der Waals surface area contributed by atoms with Gasteiger partial charge in [0.25, 0.3) is 6.71 Å². The maximum absolute atomic E-state index is 6.47. The third-order valence-electron chi connectivity index (χ3n) is 10.0. The highest BCUT2D eigenvalue weighted by Crippen LogP contribution is 2.45. The molecule has 0 amide bonds. The lowest BCUT2D eigenvalue weighted by molar-refractivity contribution is 1.07. The van der Waals surface area contributed by atoms with Crippen LogP contribution in [0, 0.1) is 19.3 Å². The summed E-state index contributed by atoms with van der Waals surface area (Å²) in [5.41, 5.74) is 16.6. The van der Waals surface area contributed by atoms with Gasteiger partial charge in [-0.25, -0.2) is 0 Å². The average molecular weight is 532 g/mol. The van der Waals surface area contributed by atoms with Crippen LogP contribution >= 0.6 is 0 Å². The molecular formula is C39H25BN2. The Bertz CT molecular complexity index is 2520. The van der Waals surface area contributed by atoms with Gasteiger partial charge in [-0.05, 0) is 76.3 Å². The van der Waals surface area contributed by atoms with Crippen LogP contribution in [0.3, 0.4) is 0 Å². The summed E-state index contributed by atoms with van der Waals surface area (Å²) in [6.45, 7) is 4.51. The Kier molecular flexibility index (Phi) is 4.04. The van der Waals surface area contributed by atoms with Gasteiger partial charge in [0.15, 0.2) is 0 Å². The lowest BCUT2D eigenvalue weighted by Gasteiger charge is -2.35. The van der Waals surface area contributed by atoms with Gasteiger partial charge in [0, 0.05) is 33.1 Å². The molecule has 0 N–H and O–H groups in total. The predicted octanol–water partition coefficient (Wildman–Crippen LogP) is 6.92. The number of fused-ring (bicyclic) bond motifs is 10. The van der Waals surface area contributed by atoms with E-state index in [-0.39, 0.29) is 6.71 Å². The summed E-state index contributed by atoms with van der Waals surface area (Å²) in [4.78, 5) is 0. The number of hydrogen-bond donors (Lipinski definition) is 0. The number of nitrogens with zero attached hydrogens (tertiary/aromatic N) is 2. The van der Waals surface area contributed by atoms with Crippen molar-refractivity contribution in [2.75, 3.05) is 0 Å². The molecule has 3 aliphatic rings. The first-order chi connectivity index (χ1) is 20.7. The van der Waals surface area contributed by atoms with E-state index >= 15 is 0 Å². The molecule has 0 fully saturated rings.